The number of hydrogen-bond donors (Lipinski definition) is 0. The lowest BCUT2D eigenvalue weighted by Crippen LogP contribution is -2.28. The van der Waals surface area contributed by atoms with Crippen LogP contribution in [0.4, 0.5) is 13.2 Å². The van der Waals surface area contributed by atoms with Gasteiger partial charge in [0, 0.05) is 14.1 Å². The summed E-state index contributed by atoms with van der Waals surface area (Å²) < 4.78 is 76.8. The van der Waals surface area contributed by atoms with Crippen LogP contribution in [0.5, 0.6) is 0 Å². The molecule has 5 nitrogen and oxygen atoms in total. The minimum atomic E-state index is -5.29. The van der Waals surface area contributed by atoms with Crippen LogP contribution in [0.15, 0.2) is 39.0 Å². The Kier molecular flexibility index (Phi) is 4.27. The first kappa shape index (κ1) is 15.9. The molecule has 0 N–H and O–H groups in total. The van der Waals surface area contributed by atoms with Crippen LogP contribution in [0.1, 0.15) is 0 Å². The molecule has 0 radical (unpaired) electrons. The molecule has 0 aromatic heterocycles. The maximum Gasteiger partial charge on any atom is 0.484 e. The molecule has 0 heterocycles. The quantitative estimate of drug-likeness (QED) is 0.854. The van der Waals surface area contributed by atoms with E-state index in [1.807, 2.05) is 0 Å². The lowest BCUT2D eigenvalue weighted by Gasteiger charge is -2.15. The summed E-state index contributed by atoms with van der Waals surface area (Å²) in [5, 5.41) is 0. The molecule has 0 bridgehead atoms. The van der Waals surface area contributed by atoms with Crippen LogP contribution in [0.2, 0.25) is 0 Å². The fraction of sp³-hybridized carbons (Fsp3) is 0.333. The molecule has 0 fully saturated rings. The van der Waals surface area contributed by atoms with E-state index in [0.29, 0.717) is 4.31 Å². The summed E-state index contributed by atoms with van der Waals surface area (Å²) in [7, 11) is -7.72. The molecule has 0 aliphatic rings. The van der Waals surface area contributed by atoms with Crippen molar-refractivity contribution in [3.8, 4) is 0 Å². The van der Waals surface area contributed by atoms with Crippen molar-refractivity contribution in [1.82, 2.24) is 4.31 Å². The molecule has 0 amide bonds. The van der Waals surface area contributed by atoms with Gasteiger partial charge < -0.3 is 0 Å². The standard InChI is InChI=1S/C9H11F3N2O3S2/c1-14(2)19(16,17)13-18(15,9(10,11)12)8-6-4-3-5-7-8/h3-7H,1-2H3. The molecule has 0 aliphatic carbocycles. The van der Waals surface area contributed by atoms with Crippen molar-refractivity contribution in [1.29, 1.82) is 0 Å². The summed E-state index contributed by atoms with van der Waals surface area (Å²) in [5.41, 5.74) is -5.29. The van der Waals surface area contributed by atoms with E-state index in [-0.39, 0.29) is 0 Å². The van der Waals surface area contributed by atoms with Gasteiger partial charge in [0.15, 0.2) is 9.73 Å². The van der Waals surface area contributed by atoms with Crippen molar-refractivity contribution < 1.29 is 25.8 Å². The zero-order chi connectivity index (χ0) is 14.9. The van der Waals surface area contributed by atoms with Gasteiger partial charge in [-0.15, -0.1) is 0 Å². The van der Waals surface area contributed by atoms with Crippen LogP contribution < -0.4 is 0 Å². The molecule has 10 heteroatoms. The highest BCUT2D eigenvalue weighted by Gasteiger charge is 2.46. The van der Waals surface area contributed by atoms with Crippen molar-refractivity contribution in [3.05, 3.63) is 30.3 Å². The zero-order valence-electron chi connectivity index (χ0n) is 9.96. The predicted octanol–water partition coefficient (Wildman–Crippen LogP) is 1.84. The Morgan fingerprint density at radius 3 is 1.89 bits per heavy atom. The first-order valence-corrected chi connectivity index (χ1v) is 7.74. The zero-order valence-corrected chi connectivity index (χ0v) is 11.6. The molecular weight excluding hydrogens is 305 g/mol. The maximum atomic E-state index is 12.9. The van der Waals surface area contributed by atoms with E-state index in [2.05, 4.69) is 3.77 Å². The topological polar surface area (TPSA) is 66.8 Å². The number of nitrogens with zero attached hydrogens (tertiary/aromatic N) is 2. The van der Waals surface area contributed by atoms with Crippen molar-refractivity contribution in [2.24, 2.45) is 3.77 Å². The number of hydrogen-bond acceptors (Lipinski definition) is 3. The van der Waals surface area contributed by atoms with Gasteiger partial charge in [0.05, 0.1) is 4.90 Å². The van der Waals surface area contributed by atoms with E-state index in [4.69, 9.17) is 0 Å². The van der Waals surface area contributed by atoms with Crippen molar-refractivity contribution in [2.45, 2.75) is 10.4 Å². The molecule has 0 saturated heterocycles. The van der Waals surface area contributed by atoms with Gasteiger partial charge >= 0.3 is 15.7 Å². The molecule has 1 aromatic carbocycles. The van der Waals surface area contributed by atoms with Crippen LogP contribution in [-0.4, -0.2) is 36.5 Å². The van der Waals surface area contributed by atoms with Crippen molar-refractivity contribution >= 4 is 19.9 Å². The van der Waals surface area contributed by atoms with Crippen LogP contribution in [0.25, 0.3) is 0 Å². The molecule has 1 atom stereocenters. The second-order valence-corrected chi connectivity index (χ2v) is 7.83. The largest absolute Gasteiger partial charge is 0.484 e. The predicted molar refractivity (Wildman–Crippen MR) is 63.9 cm³/mol. The Labute approximate surface area is 109 Å². The normalized spacial score (nSPS) is 16.1. The molecule has 1 aromatic rings. The average molecular weight is 316 g/mol. The minimum absolute atomic E-state index is 0.460. The summed E-state index contributed by atoms with van der Waals surface area (Å²) in [6, 6.07) is 5.70. The molecule has 0 aliphatic heterocycles. The van der Waals surface area contributed by atoms with E-state index in [1.165, 1.54) is 18.2 Å². The summed E-state index contributed by atoms with van der Waals surface area (Å²) in [6.07, 6.45) is 0. The lowest BCUT2D eigenvalue weighted by molar-refractivity contribution is -0.0402. The number of halogens is 3. The van der Waals surface area contributed by atoms with Gasteiger partial charge in [0.2, 0.25) is 0 Å². The highest BCUT2D eigenvalue weighted by atomic mass is 32.3. The molecule has 19 heavy (non-hydrogen) atoms. The SMILES string of the molecule is CN(C)S(=O)(=O)N=S(=O)(c1ccccc1)C(F)(F)F. The Balaban J connectivity index is 3.68. The van der Waals surface area contributed by atoms with Gasteiger partial charge in [0.1, 0.15) is 0 Å². The molecular formula is C9H11F3N2O3S2. The Hall–Kier alpha value is -1.13. The van der Waals surface area contributed by atoms with Gasteiger partial charge in [-0.25, -0.2) is 4.21 Å². The van der Waals surface area contributed by atoms with E-state index >= 15 is 0 Å². The third kappa shape index (κ3) is 3.25. The van der Waals surface area contributed by atoms with E-state index in [1.54, 1.807) is 0 Å². The molecule has 1 rings (SSSR count). The van der Waals surface area contributed by atoms with Crippen LogP contribution in [0.3, 0.4) is 0 Å². The van der Waals surface area contributed by atoms with Crippen LogP contribution in [0, 0.1) is 0 Å². The highest BCUT2D eigenvalue weighted by Crippen LogP contribution is 2.33. The molecule has 108 valence electrons. The fourth-order valence-electron chi connectivity index (χ4n) is 1.02. The summed E-state index contributed by atoms with van der Waals surface area (Å²) in [5.74, 6) is 0. The first-order valence-electron chi connectivity index (χ1n) is 4.83. The highest BCUT2D eigenvalue weighted by molar-refractivity contribution is 8.02. The summed E-state index contributed by atoms with van der Waals surface area (Å²) in [6.45, 7) is 0. The Bertz CT molecular complexity index is 660. The number of benzene rings is 1. The van der Waals surface area contributed by atoms with E-state index in [9.17, 15) is 25.8 Å². The second-order valence-electron chi connectivity index (χ2n) is 3.62. The van der Waals surface area contributed by atoms with Gasteiger partial charge in [-0.3, -0.25) is 0 Å². The minimum Gasteiger partial charge on any atom is -0.235 e. The van der Waals surface area contributed by atoms with Gasteiger partial charge in [-0.2, -0.15) is 25.9 Å². The first-order chi connectivity index (χ1) is 8.51. The fourth-order valence-corrected chi connectivity index (χ4v) is 4.09. The Morgan fingerprint density at radius 1 is 1.05 bits per heavy atom. The Morgan fingerprint density at radius 2 is 1.53 bits per heavy atom. The number of alkyl halides is 3. The second kappa shape index (κ2) is 5.10. The van der Waals surface area contributed by atoms with Gasteiger partial charge in [-0.1, -0.05) is 22.0 Å². The monoisotopic (exact) mass is 316 g/mol. The van der Waals surface area contributed by atoms with Crippen molar-refractivity contribution in [2.75, 3.05) is 14.1 Å². The van der Waals surface area contributed by atoms with Crippen LogP contribution in [-0.2, 0) is 19.9 Å². The summed E-state index contributed by atoms with van der Waals surface area (Å²) in [4.78, 5) is -0.701. The third-order valence-electron chi connectivity index (χ3n) is 2.04. The number of rotatable bonds is 3. The molecule has 1 unspecified atom stereocenters. The third-order valence-corrected chi connectivity index (χ3v) is 6.09. The average Bonchev–Trinajstić information content (AvgIpc) is 2.27. The maximum absolute atomic E-state index is 12.9. The van der Waals surface area contributed by atoms with Crippen LogP contribution >= 0.6 is 0 Å². The molecule has 0 saturated carbocycles. The lowest BCUT2D eigenvalue weighted by atomic mass is 10.4. The van der Waals surface area contributed by atoms with Crippen molar-refractivity contribution in [3.63, 3.8) is 0 Å². The summed E-state index contributed by atoms with van der Waals surface area (Å²) >= 11 is 0. The molecule has 0 spiro atoms. The van der Waals surface area contributed by atoms with Gasteiger partial charge in [-0.05, 0) is 12.1 Å². The smallest absolute Gasteiger partial charge is 0.235 e. The van der Waals surface area contributed by atoms with E-state index in [0.717, 1.165) is 26.2 Å². The van der Waals surface area contributed by atoms with E-state index < -0.39 is 30.3 Å². The van der Waals surface area contributed by atoms with Gasteiger partial charge in [0.25, 0.3) is 0 Å².